The fourth-order valence-corrected chi connectivity index (χ4v) is 5.12. The average molecular weight is 425 g/mol. The van der Waals surface area contributed by atoms with E-state index in [9.17, 15) is 13.2 Å². The van der Waals surface area contributed by atoms with Crippen LogP contribution in [0.15, 0.2) is 29.2 Å². The molecule has 1 aromatic carbocycles. The molecule has 8 nitrogen and oxygen atoms in total. The van der Waals surface area contributed by atoms with E-state index in [1.165, 1.54) is 16.4 Å². The number of carbonyl (C=O) groups is 1. The van der Waals surface area contributed by atoms with Crippen molar-refractivity contribution in [3.8, 4) is 0 Å². The van der Waals surface area contributed by atoms with E-state index in [0.29, 0.717) is 38.4 Å². The third-order valence-corrected chi connectivity index (χ3v) is 7.45. The molecule has 0 bridgehead atoms. The number of carbonyl (C=O) groups excluding carboxylic acids is 1. The number of benzene rings is 1. The van der Waals surface area contributed by atoms with Gasteiger partial charge in [0.15, 0.2) is 0 Å². The second kappa shape index (κ2) is 10.5. The van der Waals surface area contributed by atoms with E-state index in [-0.39, 0.29) is 10.8 Å². The first-order valence-corrected chi connectivity index (χ1v) is 11.9. The summed E-state index contributed by atoms with van der Waals surface area (Å²) in [6, 6.07) is 6.27. The molecule has 9 heteroatoms. The summed E-state index contributed by atoms with van der Waals surface area (Å²) in [4.78, 5) is 17.5. The van der Waals surface area contributed by atoms with Crippen LogP contribution >= 0.6 is 0 Å². The maximum atomic E-state index is 12.8. The van der Waals surface area contributed by atoms with Crippen LogP contribution in [0.4, 0.5) is 0 Å². The number of piperazine rings is 1. The number of hydrogen-bond acceptors (Lipinski definition) is 6. The predicted octanol–water partition coefficient (Wildman–Crippen LogP) is 0.465. The van der Waals surface area contributed by atoms with Crippen molar-refractivity contribution in [3.63, 3.8) is 0 Å². The zero-order valence-electron chi connectivity index (χ0n) is 17.2. The highest BCUT2D eigenvalue weighted by Crippen LogP contribution is 2.18. The Bertz CT molecular complexity index is 772. The number of likely N-dealkylation sites (N-methyl/N-ethyl adjacent to an activating group) is 1. The molecule has 0 saturated carbocycles. The van der Waals surface area contributed by atoms with Gasteiger partial charge in [-0.2, -0.15) is 4.31 Å². The lowest BCUT2D eigenvalue weighted by Gasteiger charge is -2.33. The summed E-state index contributed by atoms with van der Waals surface area (Å²) in [5.41, 5.74) is 0.371. The summed E-state index contributed by atoms with van der Waals surface area (Å²) in [6.07, 6.45) is 0.879. The van der Waals surface area contributed by atoms with Crippen LogP contribution in [-0.2, 0) is 14.8 Å². The van der Waals surface area contributed by atoms with Gasteiger partial charge >= 0.3 is 0 Å². The Kier molecular flexibility index (Phi) is 8.02. The molecule has 2 heterocycles. The number of hydrogen-bond donors (Lipinski definition) is 1. The molecule has 3 rings (SSSR count). The summed E-state index contributed by atoms with van der Waals surface area (Å²) in [5, 5.41) is 2.91. The first-order valence-electron chi connectivity index (χ1n) is 10.4. The molecule has 2 saturated heterocycles. The van der Waals surface area contributed by atoms with Crippen molar-refractivity contribution in [2.45, 2.75) is 18.2 Å². The Morgan fingerprint density at radius 3 is 2.45 bits per heavy atom. The summed E-state index contributed by atoms with van der Waals surface area (Å²) in [6.45, 7) is 10.6. The summed E-state index contributed by atoms with van der Waals surface area (Å²) in [5.74, 6) is -0.236. The quantitative estimate of drug-likeness (QED) is 0.611. The fraction of sp³-hybridized carbons (Fsp3) is 0.650. The summed E-state index contributed by atoms with van der Waals surface area (Å²) in [7, 11) is -3.60. The van der Waals surface area contributed by atoms with Crippen LogP contribution in [0.1, 0.15) is 23.7 Å². The molecule has 2 aliphatic heterocycles. The van der Waals surface area contributed by atoms with E-state index in [0.717, 1.165) is 45.7 Å². The van der Waals surface area contributed by atoms with E-state index in [2.05, 4.69) is 22.0 Å². The first-order chi connectivity index (χ1) is 14.0. The Morgan fingerprint density at radius 2 is 1.76 bits per heavy atom. The van der Waals surface area contributed by atoms with Crippen LogP contribution < -0.4 is 5.32 Å². The molecular formula is C20H32N4O4S. The molecule has 162 valence electrons. The molecule has 0 spiro atoms. The van der Waals surface area contributed by atoms with Gasteiger partial charge in [-0.25, -0.2) is 8.42 Å². The van der Waals surface area contributed by atoms with E-state index >= 15 is 0 Å². The van der Waals surface area contributed by atoms with Crippen LogP contribution in [-0.4, -0.2) is 101 Å². The van der Waals surface area contributed by atoms with Gasteiger partial charge < -0.3 is 19.9 Å². The van der Waals surface area contributed by atoms with Crippen molar-refractivity contribution in [2.75, 3.05) is 72.1 Å². The van der Waals surface area contributed by atoms with E-state index < -0.39 is 10.0 Å². The maximum absolute atomic E-state index is 12.8. The van der Waals surface area contributed by atoms with Crippen molar-refractivity contribution in [3.05, 3.63) is 29.8 Å². The third kappa shape index (κ3) is 5.99. The Hall–Kier alpha value is -1.52. The molecule has 1 N–H and O–H groups in total. The Balaban J connectivity index is 1.48. The van der Waals surface area contributed by atoms with Gasteiger partial charge in [-0.3, -0.25) is 4.79 Å². The standard InChI is InChI=1S/C20H32N4O4S/c1-2-22-9-11-23(12-10-22)8-4-7-21-20(25)18-5-3-6-19(17-18)29(26,27)24-13-15-28-16-14-24/h3,5-6,17H,2,4,7-16H2,1H3,(H,21,25). The van der Waals surface area contributed by atoms with Gasteiger partial charge in [0, 0.05) is 51.4 Å². The molecule has 2 fully saturated rings. The smallest absolute Gasteiger partial charge is 0.251 e. The topological polar surface area (TPSA) is 82.2 Å². The highest BCUT2D eigenvalue weighted by Gasteiger charge is 2.26. The predicted molar refractivity (Wildman–Crippen MR) is 112 cm³/mol. The molecule has 1 amide bonds. The number of rotatable bonds is 8. The maximum Gasteiger partial charge on any atom is 0.251 e. The lowest BCUT2D eigenvalue weighted by Crippen LogP contribution is -2.46. The number of sulfonamides is 1. The summed E-state index contributed by atoms with van der Waals surface area (Å²) < 4.78 is 32.2. The second-order valence-electron chi connectivity index (χ2n) is 7.43. The summed E-state index contributed by atoms with van der Waals surface area (Å²) >= 11 is 0. The first kappa shape index (κ1) is 22.2. The molecule has 0 aromatic heterocycles. The van der Waals surface area contributed by atoms with E-state index in [1.807, 2.05) is 0 Å². The molecule has 0 aliphatic carbocycles. The lowest BCUT2D eigenvalue weighted by molar-refractivity contribution is 0.0730. The second-order valence-corrected chi connectivity index (χ2v) is 9.37. The number of nitrogens with zero attached hydrogens (tertiary/aromatic N) is 3. The van der Waals surface area contributed by atoms with E-state index in [4.69, 9.17) is 4.74 Å². The largest absolute Gasteiger partial charge is 0.379 e. The minimum atomic E-state index is -3.60. The van der Waals surface area contributed by atoms with Gasteiger partial charge in [0.25, 0.3) is 5.91 Å². The van der Waals surface area contributed by atoms with Gasteiger partial charge in [0.1, 0.15) is 0 Å². The number of ether oxygens (including phenoxy) is 1. The zero-order valence-corrected chi connectivity index (χ0v) is 18.0. The number of morpholine rings is 1. The minimum Gasteiger partial charge on any atom is -0.379 e. The van der Waals surface area contributed by atoms with Gasteiger partial charge in [-0.15, -0.1) is 0 Å². The molecule has 0 unspecified atom stereocenters. The van der Waals surface area contributed by atoms with Gasteiger partial charge in [-0.05, 0) is 37.7 Å². The van der Waals surface area contributed by atoms with Crippen LogP contribution in [0, 0.1) is 0 Å². The lowest BCUT2D eigenvalue weighted by atomic mass is 10.2. The molecule has 0 atom stereocenters. The Morgan fingerprint density at radius 1 is 1.07 bits per heavy atom. The highest BCUT2D eigenvalue weighted by molar-refractivity contribution is 7.89. The SMILES string of the molecule is CCN1CCN(CCCNC(=O)c2cccc(S(=O)(=O)N3CCOCC3)c2)CC1. The highest BCUT2D eigenvalue weighted by atomic mass is 32.2. The van der Waals surface area contributed by atoms with Gasteiger partial charge in [0.05, 0.1) is 18.1 Å². The normalized spacial score (nSPS) is 19.9. The molecule has 29 heavy (non-hydrogen) atoms. The number of nitrogens with one attached hydrogen (secondary N) is 1. The molecule has 0 radical (unpaired) electrons. The average Bonchev–Trinajstić information content (AvgIpc) is 2.77. The van der Waals surface area contributed by atoms with Crippen molar-refractivity contribution in [1.29, 1.82) is 0 Å². The van der Waals surface area contributed by atoms with Gasteiger partial charge in [-0.1, -0.05) is 13.0 Å². The van der Waals surface area contributed by atoms with Crippen LogP contribution in [0.25, 0.3) is 0 Å². The fourth-order valence-electron chi connectivity index (χ4n) is 3.67. The van der Waals surface area contributed by atoms with Crippen molar-refractivity contribution in [1.82, 2.24) is 19.4 Å². The van der Waals surface area contributed by atoms with E-state index in [1.54, 1.807) is 12.1 Å². The molecule has 2 aliphatic rings. The van der Waals surface area contributed by atoms with Crippen LogP contribution in [0.5, 0.6) is 0 Å². The molecular weight excluding hydrogens is 392 g/mol. The zero-order chi connectivity index (χ0) is 20.7. The van der Waals surface area contributed by atoms with Crippen molar-refractivity contribution < 1.29 is 17.9 Å². The number of amides is 1. The van der Waals surface area contributed by atoms with Crippen LogP contribution in [0.2, 0.25) is 0 Å². The van der Waals surface area contributed by atoms with Gasteiger partial charge in [0.2, 0.25) is 10.0 Å². The minimum absolute atomic E-state index is 0.154. The monoisotopic (exact) mass is 424 g/mol. The van der Waals surface area contributed by atoms with Crippen molar-refractivity contribution in [2.24, 2.45) is 0 Å². The van der Waals surface area contributed by atoms with Crippen LogP contribution in [0.3, 0.4) is 0 Å². The van der Waals surface area contributed by atoms with Crippen molar-refractivity contribution >= 4 is 15.9 Å². The Labute approximate surface area is 173 Å². The molecule has 1 aromatic rings. The third-order valence-electron chi connectivity index (χ3n) is 5.55.